The first-order valence-electron chi connectivity index (χ1n) is 11.2. The molecule has 0 bridgehead atoms. The highest BCUT2D eigenvalue weighted by atomic mass is 32.2. The quantitative estimate of drug-likeness (QED) is 0.426. The Balaban J connectivity index is 1.39. The summed E-state index contributed by atoms with van der Waals surface area (Å²) in [5.41, 5.74) is 2.81. The molecule has 3 aromatic rings. The summed E-state index contributed by atoms with van der Waals surface area (Å²) in [5.74, 6) is 0.597. The molecule has 0 unspecified atom stereocenters. The zero-order valence-electron chi connectivity index (χ0n) is 18.6. The smallest absolute Gasteiger partial charge is 0.234 e. The number of nitrogens with zero attached hydrogens (tertiary/aromatic N) is 3. The average Bonchev–Trinajstić information content (AvgIpc) is 3.48. The van der Waals surface area contributed by atoms with Gasteiger partial charge < -0.3 is 19.9 Å². The van der Waals surface area contributed by atoms with Gasteiger partial charge in [-0.05, 0) is 61.2 Å². The average molecular weight is 470 g/mol. The van der Waals surface area contributed by atoms with Crippen molar-refractivity contribution in [3.8, 4) is 0 Å². The number of halogens is 1. The number of carbonyl (C=O) groups excluding carboxylic acids is 1. The standard InChI is InChI=1S/C24H28FN5O2S/c1-2-17-5-9-20(10-6-17)27-23(31)16-33-24-29-28-22(30(24)15-21-4-3-13-32-21)14-26-19-11-7-18(25)8-12-19/h5-12,21,26H,2-4,13-16H2,1H3,(H,27,31)/t21-/m0/s1. The van der Waals surface area contributed by atoms with Gasteiger partial charge in [-0.2, -0.15) is 0 Å². The van der Waals surface area contributed by atoms with Gasteiger partial charge in [0.05, 0.1) is 24.9 Å². The number of aromatic nitrogens is 3. The first-order chi connectivity index (χ1) is 16.1. The van der Waals surface area contributed by atoms with E-state index >= 15 is 0 Å². The van der Waals surface area contributed by atoms with E-state index in [-0.39, 0.29) is 23.6 Å². The lowest BCUT2D eigenvalue weighted by atomic mass is 10.1. The summed E-state index contributed by atoms with van der Waals surface area (Å²) in [6, 6.07) is 14.1. The Morgan fingerprint density at radius 1 is 1.15 bits per heavy atom. The molecule has 1 atom stereocenters. The topological polar surface area (TPSA) is 81.1 Å². The zero-order valence-corrected chi connectivity index (χ0v) is 19.4. The van der Waals surface area contributed by atoms with Crippen LogP contribution in [0.3, 0.4) is 0 Å². The van der Waals surface area contributed by atoms with Crippen LogP contribution in [0.25, 0.3) is 0 Å². The maximum atomic E-state index is 13.2. The van der Waals surface area contributed by atoms with Gasteiger partial charge in [0.15, 0.2) is 11.0 Å². The fourth-order valence-corrected chi connectivity index (χ4v) is 4.40. The molecule has 2 aromatic carbocycles. The third-order valence-electron chi connectivity index (χ3n) is 5.48. The fraction of sp³-hybridized carbons (Fsp3) is 0.375. The van der Waals surface area contributed by atoms with Crippen LogP contribution in [0, 0.1) is 5.82 Å². The molecule has 1 fully saturated rings. The molecular formula is C24H28FN5O2S. The molecule has 1 aliphatic rings. The van der Waals surface area contributed by atoms with E-state index in [1.165, 1.54) is 29.5 Å². The Bertz CT molecular complexity index is 1050. The number of ether oxygens (including phenoxy) is 1. The van der Waals surface area contributed by atoms with E-state index in [0.717, 1.165) is 43.1 Å². The van der Waals surface area contributed by atoms with Crippen LogP contribution in [0.4, 0.5) is 15.8 Å². The van der Waals surface area contributed by atoms with Crippen molar-refractivity contribution in [2.24, 2.45) is 0 Å². The van der Waals surface area contributed by atoms with Gasteiger partial charge in [0.1, 0.15) is 5.82 Å². The van der Waals surface area contributed by atoms with Crippen LogP contribution >= 0.6 is 11.8 Å². The molecular weight excluding hydrogens is 441 g/mol. The molecule has 1 amide bonds. The highest BCUT2D eigenvalue weighted by Crippen LogP contribution is 2.22. The van der Waals surface area contributed by atoms with E-state index in [4.69, 9.17) is 4.74 Å². The second kappa shape index (κ2) is 11.3. The van der Waals surface area contributed by atoms with Crippen molar-refractivity contribution >= 4 is 29.0 Å². The van der Waals surface area contributed by atoms with Gasteiger partial charge in [-0.3, -0.25) is 4.79 Å². The van der Waals surface area contributed by atoms with Crippen molar-refractivity contribution in [1.29, 1.82) is 0 Å². The number of aryl methyl sites for hydroxylation is 1. The van der Waals surface area contributed by atoms with Crippen molar-refractivity contribution in [1.82, 2.24) is 14.8 Å². The van der Waals surface area contributed by atoms with Gasteiger partial charge in [0, 0.05) is 18.0 Å². The molecule has 4 rings (SSSR count). The van der Waals surface area contributed by atoms with Crippen LogP contribution in [0.15, 0.2) is 53.7 Å². The van der Waals surface area contributed by atoms with Gasteiger partial charge in [0.25, 0.3) is 0 Å². The van der Waals surface area contributed by atoms with Gasteiger partial charge in [0.2, 0.25) is 5.91 Å². The summed E-state index contributed by atoms with van der Waals surface area (Å²) in [5, 5.41) is 15.5. The number of rotatable bonds is 10. The van der Waals surface area contributed by atoms with E-state index in [1.807, 2.05) is 28.8 Å². The Kier molecular flexibility index (Phi) is 7.96. The first-order valence-corrected chi connectivity index (χ1v) is 12.1. The molecule has 0 aliphatic carbocycles. The lowest BCUT2D eigenvalue weighted by Crippen LogP contribution is -2.20. The molecule has 1 aromatic heterocycles. The van der Waals surface area contributed by atoms with Crippen LogP contribution in [0.5, 0.6) is 0 Å². The molecule has 2 heterocycles. The number of benzene rings is 2. The third-order valence-corrected chi connectivity index (χ3v) is 6.44. The number of nitrogens with one attached hydrogen (secondary N) is 2. The van der Waals surface area contributed by atoms with Gasteiger partial charge in [-0.1, -0.05) is 30.8 Å². The maximum Gasteiger partial charge on any atom is 0.234 e. The van der Waals surface area contributed by atoms with Crippen molar-refractivity contribution in [3.05, 3.63) is 65.7 Å². The number of carbonyl (C=O) groups is 1. The molecule has 174 valence electrons. The predicted octanol–water partition coefficient (Wildman–Crippen LogP) is 4.50. The monoisotopic (exact) mass is 469 g/mol. The number of hydrogen-bond acceptors (Lipinski definition) is 6. The number of anilines is 2. The molecule has 9 heteroatoms. The van der Waals surface area contributed by atoms with Gasteiger partial charge in [-0.15, -0.1) is 10.2 Å². The van der Waals surface area contributed by atoms with Crippen LogP contribution in [0.2, 0.25) is 0 Å². The molecule has 0 radical (unpaired) electrons. The van der Waals surface area contributed by atoms with Gasteiger partial charge in [-0.25, -0.2) is 4.39 Å². The van der Waals surface area contributed by atoms with E-state index in [9.17, 15) is 9.18 Å². The summed E-state index contributed by atoms with van der Waals surface area (Å²) in [7, 11) is 0. The van der Waals surface area contributed by atoms with Crippen LogP contribution < -0.4 is 10.6 Å². The third kappa shape index (κ3) is 6.55. The summed E-state index contributed by atoms with van der Waals surface area (Å²) < 4.78 is 21.0. The summed E-state index contributed by atoms with van der Waals surface area (Å²) >= 11 is 1.35. The minimum absolute atomic E-state index is 0.0955. The Morgan fingerprint density at radius 2 is 1.91 bits per heavy atom. The van der Waals surface area contributed by atoms with Crippen LogP contribution in [0.1, 0.15) is 31.2 Å². The normalized spacial score (nSPS) is 15.5. The van der Waals surface area contributed by atoms with Crippen molar-refractivity contribution in [2.45, 2.75) is 50.5 Å². The molecule has 1 aliphatic heterocycles. The predicted molar refractivity (Wildman–Crippen MR) is 128 cm³/mol. The van der Waals surface area contributed by atoms with E-state index in [2.05, 4.69) is 27.8 Å². The molecule has 2 N–H and O–H groups in total. The minimum atomic E-state index is -0.277. The molecule has 0 spiro atoms. The highest BCUT2D eigenvalue weighted by Gasteiger charge is 2.21. The minimum Gasteiger partial charge on any atom is -0.378 e. The fourth-order valence-electron chi connectivity index (χ4n) is 3.63. The molecule has 33 heavy (non-hydrogen) atoms. The SMILES string of the molecule is CCc1ccc(NC(=O)CSc2nnc(CNc3ccc(F)cc3)n2C[C@@H]2CCCO2)cc1. The van der Waals surface area contributed by atoms with Gasteiger partial charge >= 0.3 is 0 Å². The molecule has 1 saturated heterocycles. The lowest BCUT2D eigenvalue weighted by Gasteiger charge is -2.15. The summed E-state index contributed by atoms with van der Waals surface area (Å²) in [6.45, 7) is 3.93. The second-order valence-corrected chi connectivity index (χ2v) is 8.83. The second-order valence-electron chi connectivity index (χ2n) is 7.89. The number of thioether (sulfide) groups is 1. The largest absolute Gasteiger partial charge is 0.378 e. The molecule has 0 saturated carbocycles. The maximum absolute atomic E-state index is 13.2. The summed E-state index contributed by atoms with van der Waals surface area (Å²) in [6.07, 6.45) is 3.10. The summed E-state index contributed by atoms with van der Waals surface area (Å²) in [4.78, 5) is 12.5. The zero-order chi connectivity index (χ0) is 23.0. The highest BCUT2D eigenvalue weighted by molar-refractivity contribution is 7.99. The van der Waals surface area contributed by atoms with Crippen molar-refractivity contribution in [3.63, 3.8) is 0 Å². The Labute approximate surface area is 197 Å². The van der Waals surface area contributed by atoms with E-state index in [1.54, 1.807) is 12.1 Å². The number of amides is 1. The van der Waals surface area contributed by atoms with Crippen molar-refractivity contribution < 1.29 is 13.9 Å². The van der Waals surface area contributed by atoms with E-state index in [0.29, 0.717) is 18.2 Å². The lowest BCUT2D eigenvalue weighted by molar-refractivity contribution is -0.113. The van der Waals surface area contributed by atoms with Crippen LogP contribution in [-0.2, 0) is 29.0 Å². The van der Waals surface area contributed by atoms with E-state index < -0.39 is 0 Å². The molecule has 7 nitrogen and oxygen atoms in total. The first kappa shape index (κ1) is 23.3. The van der Waals surface area contributed by atoms with Crippen LogP contribution in [-0.4, -0.2) is 39.1 Å². The Morgan fingerprint density at radius 3 is 2.61 bits per heavy atom. The Hall–Kier alpha value is -2.91. The number of hydrogen-bond donors (Lipinski definition) is 2. The van der Waals surface area contributed by atoms with Crippen molar-refractivity contribution in [2.75, 3.05) is 23.0 Å².